The number of halogens is 2. The fourth-order valence-electron chi connectivity index (χ4n) is 1.85. The normalized spacial score (nSPS) is 10.3. The van der Waals surface area contributed by atoms with Gasteiger partial charge in [-0.2, -0.15) is 0 Å². The van der Waals surface area contributed by atoms with Crippen LogP contribution in [-0.2, 0) is 4.79 Å². The number of rotatable bonds is 6. The number of aryl methyl sites for hydroxylation is 1. The van der Waals surface area contributed by atoms with Crippen molar-refractivity contribution < 1.29 is 9.53 Å². The van der Waals surface area contributed by atoms with Crippen molar-refractivity contribution in [3.8, 4) is 5.75 Å². The lowest BCUT2D eigenvalue weighted by atomic mass is 10.2. The van der Waals surface area contributed by atoms with Gasteiger partial charge >= 0.3 is 0 Å². The van der Waals surface area contributed by atoms with Gasteiger partial charge in [-0.25, -0.2) is 0 Å². The van der Waals surface area contributed by atoms with Gasteiger partial charge < -0.3 is 10.1 Å². The molecule has 0 bridgehead atoms. The summed E-state index contributed by atoms with van der Waals surface area (Å²) in [6, 6.07) is 13.2. The van der Waals surface area contributed by atoms with E-state index in [1.165, 1.54) is 5.56 Å². The predicted molar refractivity (Wildman–Crippen MR) is 93.7 cm³/mol. The Balaban J connectivity index is 1.71. The lowest BCUT2D eigenvalue weighted by Gasteiger charge is -2.08. The molecule has 0 aromatic heterocycles. The molecule has 0 spiro atoms. The van der Waals surface area contributed by atoms with Gasteiger partial charge in [-0.3, -0.25) is 4.79 Å². The average molecular weight is 383 g/mol. The SMILES string of the molecule is Cc1ccc(OCCCC(=O)Nc2ccc(Br)c(Cl)c2)cc1. The fourth-order valence-corrected chi connectivity index (χ4v) is 2.28. The summed E-state index contributed by atoms with van der Waals surface area (Å²) in [6.45, 7) is 2.54. The first-order chi connectivity index (χ1) is 10.5. The van der Waals surface area contributed by atoms with Crippen molar-refractivity contribution in [1.29, 1.82) is 0 Å². The molecule has 0 saturated carbocycles. The number of benzene rings is 2. The van der Waals surface area contributed by atoms with Crippen LogP contribution in [0.1, 0.15) is 18.4 Å². The van der Waals surface area contributed by atoms with Gasteiger partial charge in [0.2, 0.25) is 5.91 Å². The van der Waals surface area contributed by atoms with Crippen LogP contribution in [0.15, 0.2) is 46.9 Å². The maximum absolute atomic E-state index is 11.8. The summed E-state index contributed by atoms with van der Waals surface area (Å²) in [7, 11) is 0. The second-order valence-electron chi connectivity index (χ2n) is 4.94. The highest BCUT2D eigenvalue weighted by Crippen LogP contribution is 2.25. The lowest BCUT2D eigenvalue weighted by molar-refractivity contribution is -0.116. The first-order valence-electron chi connectivity index (χ1n) is 6.99. The number of ether oxygens (including phenoxy) is 1. The van der Waals surface area contributed by atoms with Crippen LogP contribution in [0.2, 0.25) is 5.02 Å². The van der Waals surface area contributed by atoms with Crippen LogP contribution in [-0.4, -0.2) is 12.5 Å². The minimum atomic E-state index is -0.0501. The van der Waals surface area contributed by atoms with Crippen molar-refractivity contribution in [3.63, 3.8) is 0 Å². The van der Waals surface area contributed by atoms with Crippen molar-refractivity contribution in [2.75, 3.05) is 11.9 Å². The minimum absolute atomic E-state index is 0.0501. The fraction of sp³-hybridized carbons (Fsp3) is 0.235. The van der Waals surface area contributed by atoms with E-state index in [0.717, 1.165) is 10.2 Å². The zero-order valence-corrected chi connectivity index (χ0v) is 14.6. The molecule has 2 aromatic rings. The maximum Gasteiger partial charge on any atom is 0.224 e. The monoisotopic (exact) mass is 381 g/mol. The number of nitrogens with one attached hydrogen (secondary N) is 1. The number of hydrogen-bond acceptors (Lipinski definition) is 2. The Hall–Kier alpha value is -1.52. The first kappa shape index (κ1) is 16.8. The molecule has 2 aromatic carbocycles. The van der Waals surface area contributed by atoms with E-state index in [1.807, 2.05) is 31.2 Å². The summed E-state index contributed by atoms with van der Waals surface area (Å²) in [5, 5.41) is 3.39. The average Bonchev–Trinajstić information content (AvgIpc) is 2.49. The van der Waals surface area contributed by atoms with E-state index >= 15 is 0 Å². The van der Waals surface area contributed by atoms with Crippen LogP contribution in [0.4, 0.5) is 5.69 Å². The minimum Gasteiger partial charge on any atom is -0.494 e. The van der Waals surface area contributed by atoms with Gasteiger partial charge in [0.15, 0.2) is 0 Å². The molecule has 0 atom stereocenters. The van der Waals surface area contributed by atoms with Gasteiger partial charge in [0.05, 0.1) is 11.6 Å². The maximum atomic E-state index is 11.8. The Kier molecular flexibility index (Phi) is 6.28. The zero-order valence-electron chi connectivity index (χ0n) is 12.2. The third-order valence-electron chi connectivity index (χ3n) is 3.04. The van der Waals surface area contributed by atoms with Crippen LogP contribution in [0.3, 0.4) is 0 Å². The number of carbonyl (C=O) groups excluding carboxylic acids is 1. The molecule has 5 heteroatoms. The largest absolute Gasteiger partial charge is 0.494 e. The molecule has 0 fully saturated rings. The molecule has 1 amide bonds. The van der Waals surface area contributed by atoms with Crippen molar-refractivity contribution >= 4 is 39.1 Å². The van der Waals surface area contributed by atoms with Crippen molar-refractivity contribution in [2.45, 2.75) is 19.8 Å². The molecule has 0 aliphatic rings. The van der Waals surface area contributed by atoms with Gasteiger partial charge in [-0.1, -0.05) is 29.3 Å². The summed E-state index contributed by atoms with van der Waals surface area (Å²) in [4.78, 5) is 11.8. The molecular weight excluding hydrogens is 366 g/mol. The Morgan fingerprint density at radius 2 is 1.95 bits per heavy atom. The van der Waals surface area contributed by atoms with Crippen molar-refractivity contribution in [2.24, 2.45) is 0 Å². The Morgan fingerprint density at radius 1 is 1.23 bits per heavy atom. The van der Waals surface area contributed by atoms with Crippen LogP contribution >= 0.6 is 27.5 Å². The molecule has 116 valence electrons. The number of hydrogen-bond donors (Lipinski definition) is 1. The predicted octanol–water partition coefficient (Wildman–Crippen LogP) is 5.21. The second-order valence-corrected chi connectivity index (χ2v) is 6.20. The van der Waals surface area contributed by atoms with E-state index in [9.17, 15) is 4.79 Å². The molecule has 0 aliphatic heterocycles. The topological polar surface area (TPSA) is 38.3 Å². The van der Waals surface area contributed by atoms with Gasteiger partial charge in [0, 0.05) is 16.6 Å². The number of amides is 1. The van der Waals surface area contributed by atoms with Gasteiger partial charge in [0.25, 0.3) is 0 Å². The smallest absolute Gasteiger partial charge is 0.224 e. The summed E-state index contributed by atoms with van der Waals surface area (Å²) in [6.07, 6.45) is 1.06. The Morgan fingerprint density at radius 3 is 2.64 bits per heavy atom. The zero-order chi connectivity index (χ0) is 15.9. The number of carbonyl (C=O) groups is 1. The molecule has 0 radical (unpaired) electrons. The molecule has 22 heavy (non-hydrogen) atoms. The molecule has 0 aliphatic carbocycles. The quantitative estimate of drug-likeness (QED) is 0.697. The highest BCUT2D eigenvalue weighted by Gasteiger charge is 2.04. The van der Waals surface area contributed by atoms with Crippen molar-refractivity contribution in [1.82, 2.24) is 0 Å². The molecule has 0 saturated heterocycles. The van der Waals surface area contributed by atoms with Gasteiger partial charge in [0.1, 0.15) is 5.75 Å². The van der Waals surface area contributed by atoms with E-state index in [2.05, 4.69) is 21.2 Å². The van der Waals surface area contributed by atoms with E-state index in [-0.39, 0.29) is 5.91 Å². The molecule has 3 nitrogen and oxygen atoms in total. The Bertz CT molecular complexity index is 644. The summed E-state index contributed by atoms with van der Waals surface area (Å²) < 4.78 is 6.39. The second kappa shape index (κ2) is 8.20. The summed E-state index contributed by atoms with van der Waals surface area (Å²) in [5.41, 5.74) is 1.89. The van der Waals surface area contributed by atoms with Crippen LogP contribution in [0.5, 0.6) is 5.75 Å². The van der Waals surface area contributed by atoms with Gasteiger partial charge in [-0.05, 0) is 59.6 Å². The van der Waals surface area contributed by atoms with Crippen LogP contribution in [0.25, 0.3) is 0 Å². The third-order valence-corrected chi connectivity index (χ3v) is 4.27. The van der Waals surface area contributed by atoms with E-state index in [4.69, 9.17) is 16.3 Å². The Labute approximate surface area is 143 Å². The lowest BCUT2D eigenvalue weighted by Crippen LogP contribution is -2.12. The third kappa shape index (κ3) is 5.35. The van der Waals surface area contributed by atoms with Crippen LogP contribution < -0.4 is 10.1 Å². The highest BCUT2D eigenvalue weighted by atomic mass is 79.9. The van der Waals surface area contributed by atoms with Gasteiger partial charge in [-0.15, -0.1) is 0 Å². The number of anilines is 1. The van der Waals surface area contributed by atoms with E-state index in [0.29, 0.717) is 30.2 Å². The molecule has 2 rings (SSSR count). The summed E-state index contributed by atoms with van der Waals surface area (Å²) >= 11 is 9.30. The van der Waals surface area contributed by atoms with E-state index < -0.39 is 0 Å². The molecule has 1 N–H and O–H groups in total. The van der Waals surface area contributed by atoms with E-state index in [1.54, 1.807) is 18.2 Å². The molecule has 0 heterocycles. The summed E-state index contributed by atoms with van der Waals surface area (Å²) in [5.74, 6) is 0.775. The standard InChI is InChI=1S/C17H17BrClNO2/c1-12-4-7-14(8-5-12)22-10-2-3-17(21)20-13-6-9-15(18)16(19)11-13/h4-9,11H,2-3,10H2,1H3,(H,20,21). The first-order valence-corrected chi connectivity index (χ1v) is 8.16. The molecule has 0 unspecified atom stereocenters. The molecular formula is C17H17BrClNO2. The highest BCUT2D eigenvalue weighted by molar-refractivity contribution is 9.10. The van der Waals surface area contributed by atoms with Crippen LogP contribution in [0, 0.1) is 6.92 Å². The van der Waals surface area contributed by atoms with Crippen molar-refractivity contribution in [3.05, 3.63) is 57.5 Å².